The minimum Gasteiger partial charge on any atom is -0.493 e. The molecule has 1 amide bonds. The Morgan fingerprint density at radius 3 is 2.55 bits per heavy atom. The molecule has 1 aliphatic heterocycles. The first-order chi connectivity index (χ1) is 10.7. The van der Waals surface area contributed by atoms with E-state index < -0.39 is 12.1 Å². The Balaban J connectivity index is 2.01. The third-order valence-electron chi connectivity index (χ3n) is 3.63. The number of amides is 1. The third kappa shape index (κ3) is 2.23. The highest BCUT2D eigenvalue weighted by Crippen LogP contribution is 2.35. The van der Waals surface area contributed by atoms with Gasteiger partial charge in [0.2, 0.25) is 0 Å². The zero-order chi connectivity index (χ0) is 15.7. The van der Waals surface area contributed by atoms with E-state index in [1.807, 2.05) is 6.07 Å². The maximum absolute atomic E-state index is 12.3. The number of fused-ring (bicyclic) bond motifs is 1. The van der Waals surface area contributed by atoms with Crippen LogP contribution in [0.25, 0.3) is 0 Å². The molecule has 0 fully saturated rings. The van der Waals surface area contributed by atoms with E-state index in [0.29, 0.717) is 33.4 Å². The molecule has 1 heterocycles. The summed E-state index contributed by atoms with van der Waals surface area (Å²) in [4.78, 5) is 12.3. The van der Waals surface area contributed by atoms with Crippen molar-refractivity contribution in [1.82, 2.24) is 5.06 Å². The lowest BCUT2D eigenvalue weighted by atomic mass is 10.0. The molecular formula is C16H16N2O4. The van der Waals surface area contributed by atoms with Gasteiger partial charge < -0.3 is 14.8 Å². The zero-order valence-electron chi connectivity index (χ0n) is 12.2. The van der Waals surface area contributed by atoms with Gasteiger partial charge in [-0.2, -0.15) is 5.06 Å². The quantitative estimate of drug-likeness (QED) is 0.853. The van der Waals surface area contributed by atoms with Crippen molar-refractivity contribution in [1.29, 1.82) is 0 Å². The van der Waals surface area contributed by atoms with Gasteiger partial charge in [0.05, 0.1) is 19.8 Å². The number of para-hydroxylation sites is 1. The Labute approximate surface area is 127 Å². The highest BCUT2D eigenvalue weighted by Gasteiger charge is 2.32. The van der Waals surface area contributed by atoms with E-state index in [1.54, 1.807) is 43.5 Å². The summed E-state index contributed by atoms with van der Waals surface area (Å²) in [5, 5.41) is 14.0. The Morgan fingerprint density at radius 2 is 1.82 bits per heavy atom. The second-order valence-corrected chi connectivity index (χ2v) is 4.86. The van der Waals surface area contributed by atoms with E-state index in [4.69, 9.17) is 9.47 Å². The summed E-state index contributed by atoms with van der Waals surface area (Å²) >= 11 is 0. The lowest BCUT2D eigenvalue weighted by molar-refractivity contribution is -0.0851. The van der Waals surface area contributed by atoms with Gasteiger partial charge in [-0.1, -0.05) is 18.2 Å². The molecule has 2 N–H and O–H groups in total. The fourth-order valence-corrected chi connectivity index (χ4v) is 2.49. The monoisotopic (exact) mass is 300 g/mol. The van der Waals surface area contributed by atoms with Crippen LogP contribution in [0.1, 0.15) is 22.1 Å². The van der Waals surface area contributed by atoms with Gasteiger partial charge in [-0.25, -0.2) is 0 Å². The first kappa shape index (κ1) is 14.2. The molecule has 3 rings (SSSR count). The van der Waals surface area contributed by atoms with Crippen LogP contribution in [-0.4, -0.2) is 30.4 Å². The SMILES string of the molecule is COc1ccc([C@H]2Nc3ccccc3C(=O)N2O)cc1OC. The number of nitrogens with one attached hydrogen (secondary N) is 1. The molecule has 0 aliphatic carbocycles. The number of nitrogens with zero attached hydrogens (tertiary/aromatic N) is 1. The Kier molecular flexibility index (Phi) is 3.60. The molecule has 0 bridgehead atoms. The standard InChI is InChI=1S/C16H16N2O4/c1-21-13-8-7-10(9-14(13)22-2)15-17-12-6-4-3-5-11(12)16(19)18(15)20/h3-9,15,17,20H,1-2H3/t15-/m0/s1. The third-order valence-corrected chi connectivity index (χ3v) is 3.63. The van der Waals surface area contributed by atoms with Crippen molar-refractivity contribution in [3.05, 3.63) is 53.6 Å². The van der Waals surface area contributed by atoms with Gasteiger partial charge >= 0.3 is 0 Å². The van der Waals surface area contributed by atoms with Crippen LogP contribution in [0, 0.1) is 0 Å². The minimum atomic E-state index is -0.692. The van der Waals surface area contributed by atoms with Crippen molar-refractivity contribution < 1.29 is 19.5 Å². The molecule has 0 unspecified atom stereocenters. The first-order valence-electron chi connectivity index (χ1n) is 6.75. The molecule has 2 aromatic carbocycles. The normalized spacial score (nSPS) is 16.8. The average Bonchev–Trinajstić information content (AvgIpc) is 2.57. The fraction of sp³-hybridized carbons (Fsp3) is 0.188. The van der Waals surface area contributed by atoms with E-state index in [-0.39, 0.29) is 0 Å². The molecule has 1 aliphatic rings. The summed E-state index contributed by atoms with van der Waals surface area (Å²) in [5.74, 6) is 0.661. The molecule has 1 atom stereocenters. The number of methoxy groups -OCH3 is 2. The summed E-state index contributed by atoms with van der Waals surface area (Å²) in [6.45, 7) is 0. The summed E-state index contributed by atoms with van der Waals surface area (Å²) < 4.78 is 10.5. The van der Waals surface area contributed by atoms with Gasteiger partial charge in [0.1, 0.15) is 0 Å². The average molecular weight is 300 g/mol. The maximum Gasteiger partial charge on any atom is 0.281 e. The smallest absolute Gasteiger partial charge is 0.281 e. The molecule has 114 valence electrons. The van der Waals surface area contributed by atoms with Crippen LogP contribution in [0.3, 0.4) is 0 Å². The van der Waals surface area contributed by atoms with E-state index in [9.17, 15) is 10.0 Å². The molecule has 0 aromatic heterocycles. The van der Waals surface area contributed by atoms with Crippen molar-refractivity contribution in [2.45, 2.75) is 6.17 Å². The molecule has 0 radical (unpaired) electrons. The molecule has 0 saturated carbocycles. The van der Waals surface area contributed by atoms with Gasteiger partial charge in [0, 0.05) is 11.3 Å². The van der Waals surface area contributed by atoms with E-state index in [0.717, 1.165) is 0 Å². The predicted octanol–water partition coefficient (Wildman–Crippen LogP) is 2.66. The second-order valence-electron chi connectivity index (χ2n) is 4.86. The highest BCUT2D eigenvalue weighted by atomic mass is 16.5. The fourth-order valence-electron chi connectivity index (χ4n) is 2.49. The Morgan fingerprint density at radius 1 is 1.09 bits per heavy atom. The topological polar surface area (TPSA) is 71.0 Å². The van der Waals surface area contributed by atoms with Crippen LogP contribution in [0.4, 0.5) is 5.69 Å². The zero-order valence-corrected chi connectivity index (χ0v) is 12.2. The predicted molar refractivity (Wildman–Crippen MR) is 80.3 cm³/mol. The van der Waals surface area contributed by atoms with Crippen LogP contribution in [0.2, 0.25) is 0 Å². The molecular weight excluding hydrogens is 284 g/mol. The number of anilines is 1. The van der Waals surface area contributed by atoms with Gasteiger partial charge in [-0.3, -0.25) is 10.0 Å². The summed E-state index contributed by atoms with van der Waals surface area (Å²) in [7, 11) is 3.08. The lowest BCUT2D eigenvalue weighted by Gasteiger charge is -2.33. The molecule has 2 aromatic rings. The van der Waals surface area contributed by atoms with E-state index >= 15 is 0 Å². The van der Waals surface area contributed by atoms with Crippen molar-refractivity contribution in [3.63, 3.8) is 0 Å². The van der Waals surface area contributed by atoms with Crippen LogP contribution < -0.4 is 14.8 Å². The van der Waals surface area contributed by atoms with Crippen LogP contribution in [0.15, 0.2) is 42.5 Å². The molecule has 6 nitrogen and oxygen atoms in total. The number of hydrogen-bond acceptors (Lipinski definition) is 5. The number of benzene rings is 2. The van der Waals surface area contributed by atoms with Gasteiger partial charge in [0.15, 0.2) is 17.7 Å². The lowest BCUT2D eigenvalue weighted by Crippen LogP contribution is -2.40. The van der Waals surface area contributed by atoms with Crippen molar-refractivity contribution >= 4 is 11.6 Å². The van der Waals surface area contributed by atoms with Crippen LogP contribution >= 0.6 is 0 Å². The van der Waals surface area contributed by atoms with E-state index in [2.05, 4.69) is 5.32 Å². The van der Waals surface area contributed by atoms with Crippen molar-refractivity contribution in [2.24, 2.45) is 0 Å². The van der Waals surface area contributed by atoms with Gasteiger partial charge in [-0.15, -0.1) is 0 Å². The summed E-state index contributed by atoms with van der Waals surface area (Å²) in [6.07, 6.45) is -0.692. The van der Waals surface area contributed by atoms with E-state index in [1.165, 1.54) is 7.11 Å². The summed E-state index contributed by atoms with van der Waals surface area (Å²) in [6, 6.07) is 12.3. The molecule has 22 heavy (non-hydrogen) atoms. The molecule has 6 heteroatoms. The minimum absolute atomic E-state index is 0.432. The first-order valence-corrected chi connectivity index (χ1v) is 6.75. The number of carbonyl (C=O) groups excluding carboxylic acids is 1. The molecule has 0 saturated heterocycles. The Hall–Kier alpha value is -2.73. The van der Waals surface area contributed by atoms with Gasteiger partial charge in [0.25, 0.3) is 5.91 Å². The number of hydrogen-bond donors (Lipinski definition) is 2. The van der Waals surface area contributed by atoms with Gasteiger partial charge in [-0.05, 0) is 24.3 Å². The van der Waals surface area contributed by atoms with Crippen LogP contribution in [-0.2, 0) is 0 Å². The van der Waals surface area contributed by atoms with Crippen LogP contribution in [0.5, 0.6) is 11.5 Å². The molecule has 0 spiro atoms. The van der Waals surface area contributed by atoms with Crippen molar-refractivity contribution in [3.8, 4) is 11.5 Å². The number of rotatable bonds is 3. The second kappa shape index (κ2) is 5.57. The number of hydroxylamine groups is 2. The highest BCUT2D eigenvalue weighted by molar-refractivity contribution is 6.01. The van der Waals surface area contributed by atoms with Crippen molar-refractivity contribution in [2.75, 3.05) is 19.5 Å². The number of carbonyl (C=O) groups is 1. The maximum atomic E-state index is 12.3. The Bertz CT molecular complexity index is 717. The summed E-state index contributed by atoms with van der Waals surface area (Å²) in [5.41, 5.74) is 1.79. The largest absolute Gasteiger partial charge is 0.493 e. The number of ether oxygens (including phenoxy) is 2.